The monoisotopic (exact) mass is 839 g/mol. The predicted molar refractivity (Wildman–Crippen MR) is 268 cm³/mol. The van der Waals surface area contributed by atoms with Gasteiger partial charge in [0.05, 0.1) is 28.0 Å². The standard InChI is InChI=1S/C62H37N3O/c1-2-15-40(16-3-1)53-37-54(46-22-14-28-56-57(46)48-21-8-13-27-55(48)66-56)65-61(64-53)42-35-31-39(32-36-42)38-29-33-41(34-30-38)60-58-45-19-6-11-25-51(45)62(59(58)47-20-7-12-26-52(47)63-60)49-23-9-4-17-43(49)44-18-5-10-24-50(44)62/h1-37H. The fraction of sp³-hybridized carbons (Fsp3) is 0.0161. The van der Waals surface area contributed by atoms with Crippen molar-refractivity contribution in [1.82, 2.24) is 15.0 Å². The van der Waals surface area contributed by atoms with Crippen molar-refractivity contribution in [3.63, 3.8) is 0 Å². The van der Waals surface area contributed by atoms with Gasteiger partial charge < -0.3 is 4.42 Å². The van der Waals surface area contributed by atoms with E-state index in [-0.39, 0.29) is 0 Å². The van der Waals surface area contributed by atoms with Crippen LogP contribution in [0.25, 0.3) is 111 Å². The van der Waals surface area contributed by atoms with E-state index in [0.29, 0.717) is 5.82 Å². The second kappa shape index (κ2) is 14.1. The van der Waals surface area contributed by atoms with Crippen molar-refractivity contribution in [2.24, 2.45) is 0 Å². The smallest absolute Gasteiger partial charge is 0.160 e. The van der Waals surface area contributed by atoms with E-state index in [1.54, 1.807) is 0 Å². The van der Waals surface area contributed by atoms with Gasteiger partial charge in [0.25, 0.3) is 0 Å². The first-order valence-corrected chi connectivity index (χ1v) is 22.5. The first-order valence-electron chi connectivity index (χ1n) is 22.5. The SMILES string of the molecule is c1ccc(-c2cc(-c3cccc4oc5ccccc5c34)nc(-c3ccc(-c4ccc(-c5nc6ccccc6c6c5-c5ccccc5C65c6ccccc6-c6ccccc65)cc4)cc3)n2)cc1. The zero-order valence-corrected chi connectivity index (χ0v) is 35.6. The molecule has 0 aliphatic heterocycles. The molecule has 0 saturated heterocycles. The molecule has 0 amide bonds. The zero-order chi connectivity index (χ0) is 43.3. The zero-order valence-electron chi connectivity index (χ0n) is 35.6. The lowest BCUT2D eigenvalue weighted by molar-refractivity contribution is 0.669. The number of fused-ring (bicyclic) bond motifs is 15. The highest BCUT2D eigenvalue weighted by atomic mass is 16.3. The molecule has 9 aromatic carbocycles. The van der Waals surface area contributed by atoms with Crippen LogP contribution in [0.4, 0.5) is 0 Å². The Morgan fingerprint density at radius 3 is 1.61 bits per heavy atom. The summed E-state index contributed by atoms with van der Waals surface area (Å²) in [6.45, 7) is 0. The van der Waals surface area contributed by atoms with Gasteiger partial charge in [-0.05, 0) is 74.3 Å². The van der Waals surface area contributed by atoms with Crippen LogP contribution in [0.3, 0.4) is 0 Å². The number of benzene rings is 9. The largest absolute Gasteiger partial charge is 0.456 e. The molecule has 4 nitrogen and oxygen atoms in total. The van der Waals surface area contributed by atoms with E-state index in [0.717, 1.165) is 77.9 Å². The van der Waals surface area contributed by atoms with Crippen LogP contribution >= 0.6 is 0 Å². The number of rotatable bonds is 5. The summed E-state index contributed by atoms with van der Waals surface area (Å²) in [5.41, 5.74) is 21.6. The van der Waals surface area contributed by atoms with E-state index in [4.69, 9.17) is 19.4 Å². The number of para-hydroxylation sites is 2. The summed E-state index contributed by atoms with van der Waals surface area (Å²) >= 11 is 0. The van der Waals surface area contributed by atoms with Gasteiger partial charge in [-0.2, -0.15) is 0 Å². The van der Waals surface area contributed by atoms with Gasteiger partial charge >= 0.3 is 0 Å². The molecule has 1 spiro atoms. The molecule has 66 heavy (non-hydrogen) atoms. The van der Waals surface area contributed by atoms with Gasteiger partial charge in [-0.15, -0.1) is 0 Å². The lowest BCUT2D eigenvalue weighted by Gasteiger charge is -2.31. The first kappa shape index (κ1) is 36.7. The van der Waals surface area contributed by atoms with E-state index >= 15 is 0 Å². The summed E-state index contributed by atoms with van der Waals surface area (Å²) in [6.07, 6.45) is 0. The molecular formula is C62H37N3O. The summed E-state index contributed by atoms with van der Waals surface area (Å²) in [5, 5.41) is 3.31. The molecule has 12 aromatic rings. The third-order valence-corrected chi connectivity index (χ3v) is 13.9. The Morgan fingerprint density at radius 1 is 0.348 bits per heavy atom. The average Bonchev–Trinajstić information content (AvgIpc) is 4.03. The Bertz CT molecular complexity index is 3880. The molecule has 2 aliphatic carbocycles. The molecule has 14 rings (SSSR count). The number of pyridine rings is 1. The van der Waals surface area contributed by atoms with Gasteiger partial charge in [-0.25, -0.2) is 15.0 Å². The highest BCUT2D eigenvalue weighted by molar-refractivity contribution is 6.12. The molecule has 0 fully saturated rings. The fourth-order valence-corrected chi connectivity index (χ4v) is 11.1. The Labute approximate surface area is 381 Å². The van der Waals surface area contributed by atoms with Crippen LogP contribution in [0.1, 0.15) is 22.3 Å². The number of nitrogens with zero attached hydrogens (tertiary/aromatic N) is 3. The van der Waals surface area contributed by atoms with Crippen LogP contribution in [0, 0.1) is 0 Å². The lowest BCUT2D eigenvalue weighted by atomic mass is 9.69. The minimum atomic E-state index is -0.468. The van der Waals surface area contributed by atoms with Crippen LogP contribution in [0.5, 0.6) is 0 Å². The third-order valence-electron chi connectivity index (χ3n) is 13.9. The van der Waals surface area contributed by atoms with E-state index in [9.17, 15) is 0 Å². The molecule has 0 bridgehead atoms. The van der Waals surface area contributed by atoms with Gasteiger partial charge in [0.15, 0.2) is 5.82 Å². The molecule has 0 unspecified atom stereocenters. The summed E-state index contributed by atoms with van der Waals surface area (Å²) in [5.74, 6) is 0.667. The van der Waals surface area contributed by atoms with E-state index < -0.39 is 5.41 Å². The second-order valence-corrected chi connectivity index (χ2v) is 17.4. The normalized spacial score (nSPS) is 13.0. The third kappa shape index (κ3) is 5.24. The maximum atomic E-state index is 6.28. The van der Waals surface area contributed by atoms with Crippen molar-refractivity contribution >= 4 is 32.8 Å². The highest BCUT2D eigenvalue weighted by Gasteiger charge is 2.53. The van der Waals surface area contributed by atoms with Gasteiger partial charge in [-0.1, -0.05) is 200 Å². The van der Waals surface area contributed by atoms with Gasteiger partial charge in [0, 0.05) is 44.0 Å². The molecule has 2 aliphatic rings. The maximum Gasteiger partial charge on any atom is 0.160 e. The van der Waals surface area contributed by atoms with E-state index in [1.165, 1.54) is 49.9 Å². The Balaban J connectivity index is 0.877. The molecule has 0 radical (unpaired) electrons. The number of furan rings is 1. The maximum absolute atomic E-state index is 6.28. The Hall–Kier alpha value is -8.73. The van der Waals surface area contributed by atoms with Crippen molar-refractivity contribution in [1.29, 1.82) is 0 Å². The molecule has 3 heterocycles. The summed E-state index contributed by atoms with van der Waals surface area (Å²) in [4.78, 5) is 15.9. The summed E-state index contributed by atoms with van der Waals surface area (Å²) in [6, 6.07) is 80.0. The van der Waals surface area contributed by atoms with Crippen LogP contribution in [-0.2, 0) is 5.41 Å². The van der Waals surface area contributed by atoms with Crippen molar-refractivity contribution < 1.29 is 4.42 Å². The predicted octanol–water partition coefficient (Wildman–Crippen LogP) is 15.6. The Morgan fingerprint density at radius 2 is 0.879 bits per heavy atom. The van der Waals surface area contributed by atoms with E-state index in [1.807, 2.05) is 42.5 Å². The topological polar surface area (TPSA) is 51.8 Å². The summed E-state index contributed by atoms with van der Waals surface area (Å²) in [7, 11) is 0. The number of aromatic nitrogens is 3. The van der Waals surface area contributed by atoms with Crippen LogP contribution < -0.4 is 0 Å². The van der Waals surface area contributed by atoms with Gasteiger partial charge in [0.2, 0.25) is 0 Å². The minimum Gasteiger partial charge on any atom is -0.456 e. The minimum absolute atomic E-state index is 0.468. The number of hydrogen-bond donors (Lipinski definition) is 0. The van der Waals surface area contributed by atoms with Crippen molar-refractivity contribution in [2.75, 3.05) is 0 Å². The molecule has 0 N–H and O–H groups in total. The van der Waals surface area contributed by atoms with Crippen LogP contribution in [0.2, 0.25) is 0 Å². The van der Waals surface area contributed by atoms with Crippen molar-refractivity contribution in [3.8, 4) is 78.5 Å². The Kier molecular flexibility index (Phi) is 7.87. The summed E-state index contributed by atoms with van der Waals surface area (Å²) < 4.78 is 6.28. The lowest BCUT2D eigenvalue weighted by Crippen LogP contribution is -2.26. The van der Waals surface area contributed by atoms with Crippen LogP contribution in [0.15, 0.2) is 229 Å². The second-order valence-electron chi connectivity index (χ2n) is 17.4. The highest BCUT2D eigenvalue weighted by Crippen LogP contribution is 2.65. The quantitative estimate of drug-likeness (QED) is 0.173. The first-order chi connectivity index (χ1) is 32.7. The van der Waals surface area contributed by atoms with Crippen molar-refractivity contribution in [2.45, 2.75) is 5.41 Å². The number of hydrogen-bond acceptors (Lipinski definition) is 4. The van der Waals surface area contributed by atoms with Crippen molar-refractivity contribution in [3.05, 3.63) is 247 Å². The fourth-order valence-electron chi connectivity index (χ4n) is 11.1. The van der Waals surface area contributed by atoms with E-state index in [2.05, 4.69) is 182 Å². The van der Waals surface area contributed by atoms with Crippen LogP contribution in [-0.4, -0.2) is 15.0 Å². The molecule has 0 atom stereocenters. The average molecular weight is 840 g/mol. The molecule has 306 valence electrons. The molecule has 4 heteroatoms. The van der Waals surface area contributed by atoms with Gasteiger partial charge in [0.1, 0.15) is 11.2 Å². The van der Waals surface area contributed by atoms with Gasteiger partial charge in [-0.3, -0.25) is 0 Å². The molecular weight excluding hydrogens is 803 g/mol. The molecule has 3 aromatic heterocycles. The molecule has 0 saturated carbocycles.